The van der Waals surface area contributed by atoms with E-state index in [1.165, 1.54) is 12.1 Å². The average molecular weight is 215 g/mol. The van der Waals surface area contributed by atoms with E-state index in [9.17, 15) is 12.8 Å². The topological polar surface area (TPSA) is 46.2 Å². The number of benzene rings is 1. The highest BCUT2D eigenvalue weighted by atomic mass is 32.2. The Bertz CT molecular complexity index is 470. The van der Waals surface area contributed by atoms with Crippen molar-refractivity contribution >= 4 is 15.5 Å². The highest BCUT2D eigenvalue weighted by Crippen LogP contribution is 2.28. The molecule has 0 radical (unpaired) electrons. The van der Waals surface area contributed by atoms with Crippen molar-refractivity contribution in [1.82, 2.24) is 0 Å². The summed E-state index contributed by atoms with van der Waals surface area (Å²) in [5.74, 6) is -0.507. The van der Waals surface area contributed by atoms with Crippen molar-refractivity contribution in [3.05, 3.63) is 24.0 Å². The lowest BCUT2D eigenvalue weighted by molar-refractivity contribution is 0.583. The molecule has 3 nitrogen and oxygen atoms in total. The highest BCUT2D eigenvalue weighted by Gasteiger charge is 2.27. The van der Waals surface area contributed by atoms with Crippen LogP contribution in [0.15, 0.2) is 23.1 Å². The molecule has 0 aliphatic carbocycles. The summed E-state index contributed by atoms with van der Waals surface area (Å²) in [6.45, 7) is 1.78. The number of hydrogen-bond donors (Lipinski definition) is 1. The van der Waals surface area contributed by atoms with Gasteiger partial charge in [-0.1, -0.05) is 0 Å². The molecule has 0 aromatic heterocycles. The van der Waals surface area contributed by atoms with Crippen molar-refractivity contribution in [3.63, 3.8) is 0 Å². The first kappa shape index (κ1) is 9.45. The fourth-order valence-corrected chi connectivity index (χ4v) is 3.27. The van der Waals surface area contributed by atoms with Crippen LogP contribution in [-0.2, 0) is 9.84 Å². The first-order chi connectivity index (χ1) is 6.49. The minimum atomic E-state index is -3.32. The van der Waals surface area contributed by atoms with Crippen molar-refractivity contribution in [2.75, 3.05) is 11.1 Å². The first-order valence-corrected chi connectivity index (χ1v) is 5.93. The van der Waals surface area contributed by atoms with Crippen LogP contribution in [0.3, 0.4) is 0 Å². The van der Waals surface area contributed by atoms with Gasteiger partial charge in [-0.2, -0.15) is 0 Å². The Hall–Kier alpha value is -1.10. The van der Waals surface area contributed by atoms with Gasteiger partial charge in [0.05, 0.1) is 16.3 Å². The van der Waals surface area contributed by atoms with Crippen molar-refractivity contribution < 1.29 is 12.8 Å². The molecule has 1 atom stereocenters. The van der Waals surface area contributed by atoms with E-state index in [0.717, 1.165) is 6.07 Å². The largest absolute Gasteiger partial charge is 0.380 e. The third-order valence-electron chi connectivity index (χ3n) is 2.15. The van der Waals surface area contributed by atoms with Gasteiger partial charge in [0.15, 0.2) is 9.84 Å². The van der Waals surface area contributed by atoms with E-state index in [1.54, 1.807) is 6.92 Å². The Kier molecular flexibility index (Phi) is 1.99. The van der Waals surface area contributed by atoms with Gasteiger partial charge in [0.25, 0.3) is 0 Å². The van der Waals surface area contributed by atoms with Crippen LogP contribution >= 0.6 is 0 Å². The molecule has 0 spiro atoms. The van der Waals surface area contributed by atoms with Gasteiger partial charge in [0.2, 0.25) is 0 Å². The maximum Gasteiger partial charge on any atom is 0.182 e. The van der Waals surface area contributed by atoms with Crippen LogP contribution in [0.4, 0.5) is 10.1 Å². The normalized spacial score (nSPS) is 23.7. The Morgan fingerprint density at radius 2 is 2.21 bits per heavy atom. The standard InChI is InChI=1S/C9H10FNO2S/c1-6-5-14(12,13)9-4-7(10)2-3-8(9)11-6/h2-4,6,11H,5H2,1H3. The maximum absolute atomic E-state index is 12.8. The average Bonchev–Trinajstić information content (AvgIpc) is 2.05. The molecule has 0 fully saturated rings. The number of nitrogens with one attached hydrogen (secondary N) is 1. The van der Waals surface area contributed by atoms with E-state index >= 15 is 0 Å². The van der Waals surface area contributed by atoms with E-state index in [1.807, 2.05) is 0 Å². The number of fused-ring (bicyclic) bond motifs is 1. The molecule has 0 saturated carbocycles. The Morgan fingerprint density at radius 3 is 2.93 bits per heavy atom. The predicted molar refractivity (Wildman–Crippen MR) is 51.5 cm³/mol. The summed E-state index contributed by atoms with van der Waals surface area (Å²) in [5, 5.41) is 3.00. The van der Waals surface area contributed by atoms with E-state index in [2.05, 4.69) is 5.32 Å². The molecule has 5 heteroatoms. The number of anilines is 1. The minimum absolute atomic E-state index is 0.0173. The van der Waals surface area contributed by atoms with E-state index in [0.29, 0.717) is 5.69 Å². The second-order valence-electron chi connectivity index (χ2n) is 3.47. The van der Waals surface area contributed by atoms with Crippen LogP contribution in [0.5, 0.6) is 0 Å². The lowest BCUT2D eigenvalue weighted by atomic mass is 10.2. The fourth-order valence-electron chi connectivity index (χ4n) is 1.60. The van der Waals surface area contributed by atoms with Crippen molar-refractivity contribution in [2.24, 2.45) is 0 Å². The van der Waals surface area contributed by atoms with Gasteiger partial charge in [-0.05, 0) is 25.1 Å². The summed E-state index contributed by atoms with van der Waals surface area (Å²) >= 11 is 0. The van der Waals surface area contributed by atoms with Gasteiger partial charge in [-0.25, -0.2) is 12.8 Å². The first-order valence-electron chi connectivity index (χ1n) is 4.28. The number of hydrogen-bond acceptors (Lipinski definition) is 3. The SMILES string of the molecule is CC1CS(=O)(=O)c2cc(F)ccc2N1. The molecule has 1 heterocycles. The van der Waals surface area contributed by atoms with Crippen molar-refractivity contribution in [2.45, 2.75) is 17.9 Å². The molecule has 1 N–H and O–H groups in total. The van der Waals surface area contributed by atoms with Crippen LogP contribution in [-0.4, -0.2) is 20.2 Å². The zero-order valence-electron chi connectivity index (χ0n) is 7.62. The molecule has 1 aliphatic heterocycles. The molecule has 1 aromatic rings. The molecule has 1 unspecified atom stereocenters. The third-order valence-corrected chi connectivity index (χ3v) is 4.10. The van der Waals surface area contributed by atoms with Crippen LogP contribution in [0.1, 0.15) is 6.92 Å². The van der Waals surface area contributed by atoms with Gasteiger partial charge in [0.1, 0.15) is 5.82 Å². The molecule has 0 bridgehead atoms. The van der Waals surface area contributed by atoms with Crippen LogP contribution in [0.25, 0.3) is 0 Å². The van der Waals surface area contributed by atoms with Crippen LogP contribution < -0.4 is 5.32 Å². The Labute approximate surface area is 81.9 Å². The third kappa shape index (κ3) is 1.48. The van der Waals surface area contributed by atoms with Crippen LogP contribution in [0.2, 0.25) is 0 Å². The molecule has 1 aliphatic rings. The Morgan fingerprint density at radius 1 is 1.50 bits per heavy atom. The zero-order valence-corrected chi connectivity index (χ0v) is 8.44. The predicted octanol–water partition coefficient (Wildman–Crippen LogP) is 1.41. The molecule has 0 saturated heterocycles. The quantitative estimate of drug-likeness (QED) is 0.711. The molecular formula is C9H10FNO2S. The minimum Gasteiger partial charge on any atom is -0.380 e. The zero-order chi connectivity index (χ0) is 10.3. The van der Waals surface area contributed by atoms with Gasteiger partial charge >= 0.3 is 0 Å². The highest BCUT2D eigenvalue weighted by molar-refractivity contribution is 7.91. The lowest BCUT2D eigenvalue weighted by Gasteiger charge is -2.23. The second kappa shape index (κ2) is 2.95. The van der Waals surface area contributed by atoms with Crippen LogP contribution in [0, 0.1) is 5.82 Å². The summed E-state index contributed by atoms with van der Waals surface area (Å²) in [6.07, 6.45) is 0. The van der Waals surface area contributed by atoms with E-state index < -0.39 is 15.7 Å². The summed E-state index contributed by atoms with van der Waals surface area (Å²) in [4.78, 5) is 0.0654. The molecule has 14 heavy (non-hydrogen) atoms. The fraction of sp³-hybridized carbons (Fsp3) is 0.333. The number of halogens is 1. The molecule has 76 valence electrons. The molecular weight excluding hydrogens is 205 g/mol. The molecule has 2 rings (SSSR count). The second-order valence-corrected chi connectivity index (χ2v) is 5.47. The van der Waals surface area contributed by atoms with Gasteiger partial charge < -0.3 is 5.32 Å². The van der Waals surface area contributed by atoms with E-state index in [-0.39, 0.29) is 16.7 Å². The smallest absolute Gasteiger partial charge is 0.182 e. The van der Waals surface area contributed by atoms with Gasteiger partial charge in [0, 0.05) is 6.04 Å². The van der Waals surface area contributed by atoms with E-state index in [4.69, 9.17) is 0 Å². The summed E-state index contributed by atoms with van der Waals surface area (Å²) < 4.78 is 36.1. The van der Waals surface area contributed by atoms with Gasteiger partial charge in [-0.3, -0.25) is 0 Å². The molecule has 1 aromatic carbocycles. The van der Waals surface area contributed by atoms with Crippen molar-refractivity contribution in [1.29, 1.82) is 0 Å². The van der Waals surface area contributed by atoms with Crippen molar-refractivity contribution in [3.8, 4) is 0 Å². The lowest BCUT2D eigenvalue weighted by Crippen LogP contribution is -2.31. The van der Waals surface area contributed by atoms with Gasteiger partial charge in [-0.15, -0.1) is 0 Å². The maximum atomic E-state index is 12.8. The number of rotatable bonds is 0. The monoisotopic (exact) mass is 215 g/mol. The summed E-state index contributed by atoms with van der Waals surface area (Å²) in [5.41, 5.74) is 0.491. The summed E-state index contributed by atoms with van der Waals surface area (Å²) in [6, 6.07) is 3.64. The number of sulfone groups is 1. The summed E-state index contributed by atoms with van der Waals surface area (Å²) in [7, 11) is -3.32. The molecule has 0 amide bonds. The Balaban J connectivity index is 2.65.